The summed E-state index contributed by atoms with van der Waals surface area (Å²) in [5.41, 5.74) is 7.36. The number of nitrogens with one attached hydrogen (secondary N) is 1. The fourth-order valence-electron chi connectivity index (χ4n) is 2.77. The zero-order valence-electron chi connectivity index (χ0n) is 18.5. The number of nitrogens with zero attached hydrogens (tertiary/aromatic N) is 3. The number of hydrogen-bond donors (Lipinski definition) is 2. The Morgan fingerprint density at radius 1 is 1.22 bits per heavy atom. The van der Waals surface area contributed by atoms with E-state index in [4.69, 9.17) is 5.73 Å². The van der Waals surface area contributed by atoms with E-state index >= 15 is 0 Å². The molecule has 1 aliphatic rings. The molecule has 2 heterocycles. The van der Waals surface area contributed by atoms with Gasteiger partial charge in [-0.1, -0.05) is 26.7 Å². The summed E-state index contributed by atoms with van der Waals surface area (Å²) in [5.74, 6) is -2.98. The molecule has 2 aromatic rings. The first kappa shape index (κ1) is 27.7. The van der Waals surface area contributed by atoms with Crippen molar-refractivity contribution in [3.8, 4) is 0 Å². The summed E-state index contributed by atoms with van der Waals surface area (Å²) >= 11 is 0. The van der Waals surface area contributed by atoms with Crippen molar-refractivity contribution < 1.29 is 26.7 Å². The average molecular weight is 466 g/mol. The van der Waals surface area contributed by atoms with Crippen LogP contribution in [0, 0.1) is 0 Å². The Labute approximate surface area is 184 Å². The van der Waals surface area contributed by atoms with Crippen molar-refractivity contribution >= 4 is 11.6 Å². The van der Waals surface area contributed by atoms with Crippen LogP contribution in [0.2, 0.25) is 0 Å². The summed E-state index contributed by atoms with van der Waals surface area (Å²) in [5, 5.41) is 6.50. The molecule has 32 heavy (non-hydrogen) atoms. The molecular weight excluding hydrogens is 433 g/mol. The molecule has 0 saturated heterocycles. The Kier molecular flexibility index (Phi) is 11.5. The zero-order valence-corrected chi connectivity index (χ0v) is 18.5. The summed E-state index contributed by atoms with van der Waals surface area (Å²) in [4.78, 5) is 15.5. The lowest BCUT2D eigenvalue weighted by atomic mass is 9.97. The maximum atomic E-state index is 12.2. The third-order valence-electron chi connectivity index (χ3n) is 4.35. The first-order chi connectivity index (χ1) is 15.0. The number of imidazole rings is 1. The minimum Gasteiger partial charge on any atom is -0.352 e. The molecule has 1 aliphatic carbocycles. The van der Waals surface area contributed by atoms with Crippen LogP contribution in [0.15, 0.2) is 18.5 Å². The van der Waals surface area contributed by atoms with E-state index in [-0.39, 0.29) is 25.9 Å². The lowest BCUT2D eigenvalue weighted by Crippen LogP contribution is -2.24. The van der Waals surface area contributed by atoms with E-state index in [1.807, 2.05) is 0 Å². The van der Waals surface area contributed by atoms with Crippen molar-refractivity contribution in [1.29, 1.82) is 0 Å². The van der Waals surface area contributed by atoms with Gasteiger partial charge in [-0.15, -0.1) is 0 Å². The molecule has 1 saturated carbocycles. The van der Waals surface area contributed by atoms with Crippen LogP contribution in [0.25, 0.3) is 5.65 Å². The molecule has 0 aliphatic heterocycles. The van der Waals surface area contributed by atoms with Crippen LogP contribution in [-0.4, -0.2) is 32.6 Å². The van der Waals surface area contributed by atoms with Crippen molar-refractivity contribution in [2.45, 2.75) is 90.4 Å². The molecule has 1 fully saturated rings. The zero-order chi connectivity index (χ0) is 24.2. The summed E-state index contributed by atoms with van der Waals surface area (Å²) in [6.45, 7) is 4.64. The molecule has 1 amide bonds. The number of fused-ring (bicyclic) bond motifs is 1. The molecule has 3 N–H and O–H groups in total. The molecule has 0 bridgehead atoms. The second-order valence-corrected chi connectivity index (χ2v) is 7.62. The second kappa shape index (κ2) is 13.3. The number of amides is 1. The number of carbonyl (C=O) groups excluding carboxylic acids is 1. The van der Waals surface area contributed by atoms with Crippen molar-refractivity contribution in [3.05, 3.63) is 29.7 Å². The van der Waals surface area contributed by atoms with E-state index in [0.29, 0.717) is 29.7 Å². The highest BCUT2D eigenvalue weighted by Crippen LogP contribution is 2.32. The highest BCUT2D eigenvalue weighted by Gasteiger charge is 2.30. The Morgan fingerprint density at radius 2 is 1.84 bits per heavy atom. The second-order valence-electron chi connectivity index (χ2n) is 7.62. The van der Waals surface area contributed by atoms with Crippen molar-refractivity contribution in [2.24, 2.45) is 5.73 Å². The molecule has 0 unspecified atom stereocenters. The van der Waals surface area contributed by atoms with E-state index in [9.17, 15) is 26.7 Å². The SMILES string of the molecule is CCC.FC1(F)CCCCC1.NCc1cn2ncc(CNC(=O)CCC(F)(F)F)cc2n1. The molecule has 0 atom stereocenters. The van der Waals surface area contributed by atoms with Crippen LogP contribution in [-0.2, 0) is 17.9 Å². The highest BCUT2D eigenvalue weighted by atomic mass is 19.4. The quantitative estimate of drug-likeness (QED) is 0.598. The number of nitrogens with two attached hydrogens (primary N) is 1. The largest absolute Gasteiger partial charge is 0.389 e. The molecule has 6 nitrogen and oxygen atoms in total. The van der Waals surface area contributed by atoms with Crippen molar-refractivity contribution in [1.82, 2.24) is 19.9 Å². The number of aromatic nitrogens is 3. The molecule has 0 spiro atoms. The molecule has 2 aromatic heterocycles. The van der Waals surface area contributed by atoms with Gasteiger partial charge in [0.05, 0.1) is 24.5 Å². The van der Waals surface area contributed by atoms with Crippen LogP contribution in [0.5, 0.6) is 0 Å². The number of hydrogen-bond acceptors (Lipinski definition) is 4. The van der Waals surface area contributed by atoms with E-state index in [1.54, 1.807) is 12.3 Å². The minimum atomic E-state index is -4.33. The van der Waals surface area contributed by atoms with Gasteiger partial charge in [-0.25, -0.2) is 18.3 Å². The first-order valence-electron chi connectivity index (χ1n) is 10.7. The third kappa shape index (κ3) is 11.4. The summed E-state index contributed by atoms with van der Waals surface area (Å²) < 4.78 is 61.9. The van der Waals surface area contributed by atoms with Crippen LogP contribution in [0.3, 0.4) is 0 Å². The number of halogens is 5. The fraction of sp³-hybridized carbons (Fsp3) is 0.667. The summed E-state index contributed by atoms with van der Waals surface area (Å²) in [7, 11) is 0. The summed E-state index contributed by atoms with van der Waals surface area (Å²) in [6.07, 6.45) is 1.07. The number of rotatable bonds is 5. The molecular formula is C21H32F5N5O. The van der Waals surface area contributed by atoms with Gasteiger partial charge in [0.2, 0.25) is 11.8 Å². The number of alkyl halides is 5. The Hall–Kier alpha value is -2.30. The third-order valence-corrected chi connectivity index (χ3v) is 4.35. The van der Waals surface area contributed by atoms with E-state index in [1.165, 1.54) is 17.1 Å². The van der Waals surface area contributed by atoms with Gasteiger partial charge < -0.3 is 11.1 Å². The minimum absolute atomic E-state index is 0.102. The van der Waals surface area contributed by atoms with Crippen molar-refractivity contribution in [2.75, 3.05) is 0 Å². The molecule has 0 aromatic carbocycles. The Morgan fingerprint density at radius 3 is 2.34 bits per heavy atom. The maximum Gasteiger partial charge on any atom is 0.389 e. The smallest absolute Gasteiger partial charge is 0.352 e. The summed E-state index contributed by atoms with van der Waals surface area (Å²) in [6, 6.07) is 1.69. The van der Waals surface area contributed by atoms with Gasteiger partial charge >= 0.3 is 6.18 Å². The van der Waals surface area contributed by atoms with E-state index in [2.05, 4.69) is 29.2 Å². The van der Waals surface area contributed by atoms with Crippen molar-refractivity contribution in [3.63, 3.8) is 0 Å². The van der Waals surface area contributed by atoms with Gasteiger partial charge in [0, 0.05) is 32.4 Å². The Balaban J connectivity index is 0.000000384. The Bertz CT molecular complexity index is 815. The van der Waals surface area contributed by atoms with Crippen LogP contribution >= 0.6 is 0 Å². The van der Waals surface area contributed by atoms with Gasteiger partial charge in [-0.2, -0.15) is 18.3 Å². The van der Waals surface area contributed by atoms with Gasteiger partial charge in [-0.05, 0) is 24.5 Å². The average Bonchev–Trinajstić information content (AvgIpc) is 3.13. The first-order valence-corrected chi connectivity index (χ1v) is 10.7. The van der Waals surface area contributed by atoms with Gasteiger partial charge in [0.15, 0.2) is 5.65 Å². The van der Waals surface area contributed by atoms with E-state index in [0.717, 1.165) is 6.42 Å². The molecule has 182 valence electrons. The number of carbonyl (C=O) groups is 1. The lowest BCUT2D eigenvalue weighted by Gasteiger charge is -2.20. The predicted molar refractivity (Wildman–Crippen MR) is 112 cm³/mol. The van der Waals surface area contributed by atoms with E-state index < -0.39 is 30.8 Å². The van der Waals surface area contributed by atoms with Gasteiger partial charge in [0.25, 0.3) is 0 Å². The van der Waals surface area contributed by atoms with Crippen LogP contribution < -0.4 is 11.1 Å². The highest BCUT2D eigenvalue weighted by molar-refractivity contribution is 5.75. The lowest BCUT2D eigenvalue weighted by molar-refractivity contribution is -0.144. The van der Waals surface area contributed by atoms with Gasteiger partial charge in [-0.3, -0.25) is 4.79 Å². The topological polar surface area (TPSA) is 85.3 Å². The standard InChI is InChI=1S/C12H14F3N5O.C6H10F2.C3H8/c13-12(14,15)2-1-11(21)17-5-8-3-10-19-9(4-16)7-20(10)18-6-8;7-6(8)4-2-1-3-5-6;1-3-2/h3,6-7H,1-2,4-5,16H2,(H,17,21);1-5H2;3H2,1-2H3. The molecule has 0 radical (unpaired) electrons. The van der Waals surface area contributed by atoms with Crippen LogP contribution in [0.1, 0.15) is 76.5 Å². The maximum absolute atomic E-state index is 12.2. The predicted octanol–water partition coefficient (Wildman–Crippen LogP) is 5.15. The monoisotopic (exact) mass is 465 g/mol. The molecule has 11 heteroatoms. The fourth-order valence-corrected chi connectivity index (χ4v) is 2.77. The van der Waals surface area contributed by atoms with Gasteiger partial charge in [0.1, 0.15) is 0 Å². The normalized spacial score (nSPS) is 15.2. The molecule has 3 rings (SSSR count). The van der Waals surface area contributed by atoms with Crippen LogP contribution in [0.4, 0.5) is 22.0 Å².